The van der Waals surface area contributed by atoms with Gasteiger partial charge in [-0.2, -0.15) is 0 Å². The van der Waals surface area contributed by atoms with Gasteiger partial charge in [-0.15, -0.1) is 0 Å². The zero-order valence-corrected chi connectivity index (χ0v) is 11.7. The monoisotopic (exact) mass is 249 g/mol. The van der Waals surface area contributed by atoms with Crippen LogP contribution in [0, 0.1) is 5.92 Å². The number of aryl methyl sites for hydroxylation is 1. The van der Waals surface area contributed by atoms with Gasteiger partial charge in [0.05, 0.1) is 6.10 Å². The zero-order valence-electron chi connectivity index (χ0n) is 11.7. The molecule has 0 spiro atoms. The van der Waals surface area contributed by atoms with Gasteiger partial charge in [-0.05, 0) is 43.7 Å². The van der Waals surface area contributed by atoms with Gasteiger partial charge in [-0.3, -0.25) is 0 Å². The van der Waals surface area contributed by atoms with E-state index >= 15 is 0 Å². The van der Waals surface area contributed by atoms with Crippen molar-refractivity contribution in [3.8, 4) is 0 Å². The van der Waals surface area contributed by atoms with Crippen molar-refractivity contribution in [1.82, 2.24) is 5.32 Å². The van der Waals surface area contributed by atoms with Crippen molar-refractivity contribution in [3.05, 3.63) is 35.9 Å². The number of nitrogens with one attached hydrogen (secondary N) is 1. The fourth-order valence-corrected chi connectivity index (χ4v) is 2.12. The predicted octanol–water partition coefficient (Wildman–Crippen LogP) is 3.01. The summed E-state index contributed by atoms with van der Waals surface area (Å²) in [6.45, 7) is 6.01. The minimum atomic E-state index is -0.195. The number of unbranched alkanes of at least 4 members (excludes halogenated alkanes) is 1. The van der Waals surface area contributed by atoms with Gasteiger partial charge >= 0.3 is 0 Å². The lowest BCUT2D eigenvalue weighted by molar-refractivity contribution is 0.146. The van der Waals surface area contributed by atoms with E-state index in [-0.39, 0.29) is 6.10 Å². The van der Waals surface area contributed by atoms with Crippen molar-refractivity contribution in [3.63, 3.8) is 0 Å². The Kier molecular flexibility index (Phi) is 7.70. The van der Waals surface area contributed by atoms with Gasteiger partial charge < -0.3 is 10.4 Å². The molecule has 2 heteroatoms. The van der Waals surface area contributed by atoms with Crippen LogP contribution < -0.4 is 5.32 Å². The zero-order chi connectivity index (χ0) is 13.2. The molecule has 0 aliphatic carbocycles. The highest BCUT2D eigenvalue weighted by Crippen LogP contribution is 2.05. The minimum Gasteiger partial charge on any atom is -0.392 e. The Bertz CT molecular complexity index is 297. The molecule has 18 heavy (non-hydrogen) atoms. The quantitative estimate of drug-likeness (QED) is 0.659. The third kappa shape index (κ3) is 7.46. The summed E-state index contributed by atoms with van der Waals surface area (Å²) in [6.07, 6.45) is 4.22. The second kappa shape index (κ2) is 9.12. The van der Waals surface area contributed by atoms with Crippen LogP contribution in [0.3, 0.4) is 0 Å². The molecular weight excluding hydrogens is 222 g/mol. The standard InChI is InChI=1S/C16H27NO/c1-14(2)12-16(18)13-17-11-7-6-10-15-8-4-3-5-9-15/h3-5,8-9,14,16-18H,6-7,10-13H2,1-2H3. The van der Waals surface area contributed by atoms with Crippen molar-refractivity contribution in [2.24, 2.45) is 5.92 Å². The van der Waals surface area contributed by atoms with Gasteiger partial charge in [0.1, 0.15) is 0 Å². The molecule has 0 radical (unpaired) electrons. The Hall–Kier alpha value is -0.860. The molecule has 0 amide bonds. The van der Waals surface area contributed by atoms with Crippen LogP contribution in [0.4, 0.5) is 0 Å². The van der Waals surface area contributed by atoms with Crippen molar-refractivity contribution < 1.29 is 5.11 Å². The van der Waals surface area contributed by atoms with Crippen LogP contribution in [0.2, 0.25) is 0 Å². The van der Waals surface area contributed by atoms with Gasteiger partial charge in [-0.1, -0.05) is 44.2 Å². The van der Waals surface area contributed by atoms with Crippen LogP contribution in [-0.4, -0.2) is 24.3 Å². The summed E-state index contributed by atoms with van der Waals surface area (Å²) in [7, 11) is 0. The Morgan fingerprint density at radius 1 is 1.11 bits per heavy atom. The molecule has 1 aromatic rings. The van der Waals surface area contributed by atoms with Crippen molar-refractivity contribution in [1.29, 1.82) is 0 Å². The second-order valence-electron chi connectivity index (χ2n) is 5.43. The number of benzene rings is 1. The van der Waals surface area contributed by atoms with E-state index in [1.165, 1.54) is 18.4 Å². The largest absolute Gasteiger partial charge is 0.392 e. The summed E-state index contributed by atoms with van der Waals surface area (Å²) in [6, 6.07) is 10.6. The lowest BCUT2D eigenvalue weighted by Crippen LogP contribution is -2.28. The molecule has 1 atom stereocenters. The molecule has 1 aromatic carbocycles. The predicted molar refractivity (Wildman–Crippen MR) is 77.7 cm³/mol. The molecule has 102 valence electrons. The summed E-state index contributed by atoms with van der Waals surface area (Å²) >= 11 is 0. The summed E-state index contributed by atoms with van der Waals surface area (Å²) in [5.41, 5.74) is 1.41. The molecule has 0 bridgehead atoms. The maximum absolute atomic E-state index is 9.69. The van der Waals surface area contributed by atoms with Gasteiger partial charge in [0.2, 0.25) is 0 Å². The number of aliphatic hydroxyl groups excluding tert-OH is 1. The molecular formula is C16H27NO. The van der Waals surface area contributed by atoms with E-state index in [9.17, 15) is 5.11 Å². The number of rotatable bonds is 9. The molecule has 1 rings (SSSR count). The second-order valence-corrected chi connectivity index (χ2v) is 5.43. The maximum Gasteiger partial charge on any atom is 0.0667 e. The highest BCUT2D eigenvalue weighted by Gasteiger charge is 2.05. The fraction of sp³-hybridized carbons (Fsp3) is 0.625. The van der Waals surface area contributed by atoms with E-state index in [0.717, 1.165) is 25.9 Å². The Labute approximate surface area is 111 Å². The molecule has 0 fully saturated rings. The van der Waals surface area contributed by atoms with Crippen LogP contribution in [0.25, 0.3) is 0 Å². The summed E-state index contributed by atoms with van der Waals surface area (Å²) in [4.78, 5) is 0. The van der Waals surface area contributed by atoms with Crippen LogP contribution in [0.1, 0.15) is 38.7 Å². The molecule has 0 aromatic heterocycles. The fourth-order valence-electron chi connectivity index (χ4n) is 2.12. The Morgan fingerprint density at radius 2 is 1.83 bits per heavy atom. The molecule has 0 aliphatic heterocycles. The number of hydrogen-bond donors (Lipinski definition) is 2. The first-order valence-electron chi connectivity index (χ1n) is 7.11. The third-order valence-corrected chi connectivity index (χ3v) is 3.04. The Morgan fingerprint density at radius 3 is 2.50 bits per heavy atom. The SMILES string of the molecule is CC(C)CC(O)CNCCCCc1ccccc1. The molecule has 2 nitrogen and oxygen atoms in total. The van der Waals surface area contributed by atoms with Crippen LogP contribution in [-0.2, 0) is 6.42 Å². The van der Waals surface area contributed by atoms with E-state index in [2.05, 4.69) is 49.5 Å². The van der Waals surface area contributed by atoms with E-state index < -0.39 is 0 Å². The first-order valence-corrected chi connectivity index (χ1v) is 7.11. The average Bonchev–Trinajstić information content (AvgIpc) is 2.34. The highest BCUT2D eigenvalue weighted by atomic mass is 16.3. The van der Waals surface area contributed by atoms with Gasteiger partial charge in [0, 0.05) is 6.54 Å². The van der Waals surface area contributed by atoms with E-state index in [1.54, 1.807) is 0 Å². The van der Waals surface area contributed by atoms with E-state index in [4.69, 9.17) is 0 Å². The summed E-state index contributed by atoms with van der Waals surface area (Å²) < 4.78 is 0. The molecule has 2 N–H and O–H groups in total. The van der Waals surface area contributed by atoms with Gasteiger partial charge in [-0.25, -0.2) is 0 Å². The van der Waals surface area contributed by atoms with Crippen LogP contribution >= 0.6 is 0 Å². The minimum absolute atomic E-state index is 0.195. The molecule has 0 heterocycles. The highest BCUT2D eigenvalue weighted by molar-refractivity contribution is 5.14. The molecule has 0 aliphatic rings. The molecule has 1 unspecified atom stereocenters. The van der Waals surface area contributed by atoms with Crippen molar-refractivity contribution in [2.75, 3.05) is 13.1 Å². The van der Waals surface area contributed by atoms with E-state index in [1.807, 2.05) is 0 Å². The topological polar surface area (TPSA) is 32.3 Å². The number of aliphatic hydroxyl groups is 1. The first-order chi connectivity index (χ1) is 8.68. The van der Waals surface area contributed by atoms with Crippen molar-refractivity contribution >= 4 is 0 Å². The number of hydrogen-bond acceptors (Lipinski definition) is 2. The van der Waals surface area contributed by atoms with Crippen LogP contribution in [0.15, 0.2) is 30.3 Å². The first kappa shape index (κ1) is 15.2. The van der Waals surface area contributed by atoms with E-state index in [0.29, 0.717) is 5.92 Å². The molecule has 0 saturated carbocycles. The lowest BCUT2D eigenvalue weighted by Gasteiger charge is -2.13. The summed E-state index contributed by atoms with van der Waals surface area (Å²) in [5.74, 6) is 0.569. The average molecular weight is 249 g/mol. The normalized spacial score (nSPS) is 12.9. The maximum atomic E-state index is 9.69. The smallest absolute Gasteiger partial charge is 0.0667 e. The Balaban J connectivity index is 1.96. The van der Waals surface area contributed by atoms with Gasteiger partial charge in [0.25, 0.3) is 0 Å². The van der Waals surface area contributed by atoms with Crippen molar-refractivity contribution in [2.45, 2.75) is 45.6 Å². The third-order valence-electron chi connectivity index (χ3n) is 3.04. The summed E-state index contributed by atoms with van der Waals surface area (Å²) in [5, 5.41) is 13.0. The van der Waals surface area contributed by atoms with Gasteiger partial charge in [0.15, 0.2) is 0 Å². The lowest BCUT2D eigenvalue weighted by atomic mass is 10.1. The van der Waals surface area contributed by atoms with Crippen LogP contribution in [0.5, 0.6) is 0 Å². The molecule has 0 saturated heterocycles.